The lowest BCUT2D eigenvalue weighted by molar-refractivity contribution is -0.126. The van der Waals surface area contributed by atoms with E-state index in [4.69, 9.17) is 9.26 Å². The first kappa shape index (κ1) is 16.1. The monoisotopic (exact) mass is 325 g/mol. The predicted molar refractivity (Wildman–Crippen MR) is 87.1 cm³/mol. The lowest BCUT2D eigenvalue weighted by atomic mass is 9.97. The average Bonchev–Trinajstić information content (AvgIpc) is 3.10. The number of piperidine rings is 1. The molecule has 0 saturated carbocycles. The molecule has 1 amide bonds. The molecule has 1 atom stereocenters. The summed E-state index contributed by atoms with van der Waals surface area (Å²) < 4.78 is 10.9. The van der Waals surface area contributed by atoms with Gasteiger partial charge in [0.25, 0.3) is 11.8 Å². The third-order valence-corrected chi connectivity index (χ3v) is 3.89. The van der Waals surface area contributed by atoms with E-state index in [0.29, 0.717) is 18.3 Å². The van der Waals surface area contributed by atoms with Crippen LogP contribution in [-0.2, 0) is 11.4 Å². The third-order valence-electron chi connectivity index (χ3n) is 3.89. The summed E-state index contributed by atoms with van der Waals surface area (Å²) in [4.78, 5) is 18.1. The van der Waals surface area contributed by atoms with E-state index in [1.165, 1.54) is 0 Å². The molecule has 1 fully saturated rings. The van der Waals surface area contributed by atoms with E-state index in [0.717, 1.165) is 25.1 Å². The van der Waals surface area contributed by atoms with Gasteiger partial charge in [-0.2, -0.15) is 4.98 Å². The Balaban J connectivity index is 1.60. The maximum atomic E-state index is 11.9. The number of aromatic nitrogens is 2. The van der Waals surface area contributed by atoms with Crippen molar-refractivity contribution in [2.75, 3.05) is 13.1 Å². The Morgan fingerprint density at radius 3 is 3.04 bits per heavy atom. The van der Waals surface area contributed by atoms with Crippen LogP contribution in [0.4, 0.5) is 0 Å². The number of amides is 1. The Kier molecular flexibility index (Phi) is 5.12. The predicted octanol–water partition coefficient (Wildman–Crippen LogP) is 2.38. The molecule has 0 aliphatic carbocycles. The van der Waals surface area contributed by atoms with Crippen molar-refractivity contribution in [3.8, 4) is 17.6 Å². The number of carbonyl (C=O) groups excluding carboxylic acids is 1. The third kappa shape index (κ3) is 3.93. The van der Waals surface area contributed by atoms with Crippen LogP contribution in [0.3, 0.4) is 0 Å². The second-order valence-corrected chi connectivity index (χ2v) is 5.61. The van der Waals surface area contributed by atoms with E-state index in [1.54, 1.807) is 11.8 Å². The molecule has 0 radical (unpaired) electrons. The quantitative estimate of drug-likeness (QED) is 0.807. The van der Waals surface area contributed by atoms with Crippen LogP contribution >= 0.6 is 0 Å². The van der Waals surface area contributed by atoms with Crippen LogP contribution in [0.15, 0.2) is 34.9 Å². The van der Waals surface area contributed by atoms with Crippen molar-refractivity contribution in [2.45, 2.75) is 32.3 Å². The standard InChI is InChI=1S/C18H19N3O3/c1-2-7-17(22)21-11-6-8-14(12-21)18-19-16(24-20-18)13-23-15-9-4-3-5-10-15/h3-5,9-10,14H,6,8,11-13H2,1H3. The summed E-state index contributed by atoms with van der Waals surface area (Å²) in [6, 6.07) is 9.48. The molecule has 1 aliphatic rings. The van der Waals surface area contributed by atoms with E-state index < -0.39 is 0 Å². The zero-order valence-corrected chi connectivity index (χ0v) is 13.6. The molecule has 2 heterocycles. The highest BCUT2D eigenvalue weighted by Crippen LogP contribution is 2.25. The number of benzene rings is 1. The molecular weight excluding hydrogens is 306 g/mol. The van der Waals surface area contributed by atoms with Gasteiger partial charge in [0.2, 0.25) is 0 Å². The molecule has 0 N–H and O–H groups in total. The summed E-state index contributed by atoms with van der Waals surface area (Å²) in [5, 5.41) is 4.05. The molecule has 6 nitrogen and oxygen atoms in total. The summed E-state index contributed by atoms with van der Waals surface area (Å²) in [7, 11) is 0. The van der Waals surface area contributed by atoms with Crippen molar-refractivity contribution in [3.05, 3.63) is 42.0 Å². The van der Waals surface area contributed by atoms with Gasteiger partial charge in [0.05, 0.1) is 0 Å². The van der Waals surface area contributed by atoms with Gasteiger partial charge in [0, 0.05) is 19.0 Å². The van der Waals surface area contributed by atoms with Crippen LogP contribution in [0.5, 0.6) is 5.75 Å². The van der Waals surface area contributed by atoms with Gasteiger partial charge in [0.15, 0.2) is 12.4 Å². The molecule has 1 aliphatic heterocycles. The molecule has 24 heavy (non-hydrogen) atoms. The highest BCUT2D eigenvalue weighted by Gasteiger charge is 2.27. The van der Waals surface area contributed by atoms with Crippen LogP contribution in [0.1, 0.15) is 37.4 Å². The number of rotatable bonds is 4. The zero-order chi connectivity index (χ0) is 16.8. The van der Waals surface area contributed by atoms with E-state index in [9.17, 15) is 4.79 Å². The minimum absolute atomic E-state index is 0.0792. The van der Waals surface area contributed by atoms with Crippen molar-refractivity contribution in [2.24, 2.45) is 0 Å². The van der Waals surface area contributed by atoms with Gasteiger partial charge >= 0.3 is 0 Å². The van der Waals surface area contributed by atoms with Gasteiger partial charge in [0.1, 0.15) is 5.75 Å². The SMILES string of the molecule is CC#CC(=O)N1CCCC(c2noc(COc3ccccc3)n2)C1. The fraction of sp³-hybridized carbons (Fsp3) is 0.389. The first-order chi connectivity index (χ1) is 11.8. The summed E-state index contributed by atoms with van der Waals surface area (Å²) in [5.74, 6) is 6.99. The van der Waals surface area contributed by atoms with Gasteiger partial charge < -0.3 is 14.2 Å². The van der Waals surface area contributed by atoms with Crippen LogP contribution in [-0.4, -0.2) is 34.0 Å². The molecule has 1 aromatic carbocycles. The first-order valence-corrected chi connectivity index (χ1v) is 7.98. The molecule has 2 aromatic rings. The van der Waals surface area contributed by atoms with Crippen molar-refractivity contribution in [1.29, 1.82) is 0 Å². The van der Waals surface area contributed by atoms with Crippen LogP contribution < -0.4 is 4.74 Å². The number of para-hydroxylation sites is 1. The Bertz CT molecular complexity index is 746. The Labute approximate surface area is 140 Å². The molecule has 3 rings (SSSR count). The minimum Gasteiger partial charge on any atom is -0.484 e. The van der Waals surface area contributed by atoms with Crippen molar-refractivity contribution in [1.82, 2.24) is 15.0 Å². The second-order valence-electron chi connectivity index (χ2n) is 5.61. The van der Waals surface area contributed by atoms with Gasteiger partial charge in [-0.3, -0.25) is 4.79 Å². The summed E-state index contributed by atoms with van der Waals surface area (Å²) >= 11 is 0. The van der Waals surface area contributed by atoms with Crippen LogP contribution in [0, 0.1) is 11.8 Å². The lowest BCUT2D eigenvalue weighted by Gasteiger charge is -2.29. The van der Waals surface area contributed by atoms with Crippen LogP contribution in [0.25, 0.3) is 0 Å². The fourth-order valence-corrected chi connectivity index (χ4v) is 2.71. The van der Waals surface area contributed by atoms with E-state index in [-0.39, 0.29) is 18.4 Å². The van der Waals surface area contributed by atoms with E-state index in [2.05, 4.69) is 22.0 Å². The maximum Gasteiger partial charge on any atom is 0.298 e. The zero-order valence-electron chi connectivity index (χ0n) is 13.6. The Morgan fingerprint density at radius 2 is 2.25 bits per heavy atom. The molecular formula is C18H19N3O3. The van der Waals surface area contributed by atoms with Crippen molar-refractivity contribution < 1.29 is 14.1 Å². The van der Waals surface area contributed by atoms with Gasteiger partial charge in [-0.15, -0.1) is 0 Å². The second kappa shape index (κ2) is 7.64. The Morgan fingerprint density at radius 1 is 1.42 bits per heavy atom. The first-order valence-electron chi connectivity index (χ1n) is 7.98. The highest BCUT2D eigenvalue weighted by molar-refractivity contribution is 5.93. The molecule has 1 saturated heterocycles. The van der Waals surface area contributed by atoms with Crippen LogP contribution in [0.2, 0.25) is 0 Å². The molecule has 1 unspecified atom stereocenters. The number of likely N-dealkylation sites (tertiary alicyclic amines) is 1. The summed E-state index contributed by atoms with van der Waals surface area (Å²) in [6.45, 7) is 3.20. The van der Waals surface area contributed by atoms with Gasteiger partial charge in [-0.1, -0.05) is 29.3 Å². The van der Waals surface area contributed by atoms with E-state index in [1.807, 2.05) is 30.3 Å². The molecule has 0 bridgehead atoms. The highest BCUT2D eigenvalue weighted by atomic mass is 16.5. The van der Waals surface area contributed by atoms with Crippen molar-refractivity contribution in [3.63, 3.8) is 0 Å². The average molecular weight is 325 g/mol. The normalized spacial score (nSPS) is 17.0. The van der Waals surface area contributed by atoms with E-state index >= 15 is 0 Å². The Hall–Kier alpha value is -2.81. The molecule has 1 aromatic heterocycles. The minimum atomic E-state index is -0.140. The lowest BCUT2D eigenvalue weighted by Crippen LogP contribution is -2.38. The molecule has 6 heteroatoms. The summed E-state index contributed by atoms with van der Waals surface area (Å²) in [5.41, 5.74) is 0. The number of hydrogen-bond donors (Lipinski definition) is 0. The number of nitrogens with zero attached hydrogens (tertiary/aromatic N) is 3. The van der Waals surface area contributed by atoms with Gasteiger partial charge in [-0.25, -0.2) is 0 Å². The number of carbonyl (C=O) groups is 1. The fourth-order valence-electron chi connectivity index (χ4n) is 2.71. The molecule has 124 valence electrons. The maximum absolute atomic E-state index is 11.9. The summed E-state index contributed by atoms with van der Waals surface area (Å²) in [6.07, 6.45) is 1.84. The number of hydrogen-bond acceptors (Lipinski definition) is 5. The topological polar surface area (TPSA) is 68.5 Å². The smallest absolute Gasteiger partial charge is 0.298 e. The molecule has 0 spiro atoms. The van der Waals surface area contributed by atoms with Crippen molar-refractivity contribution >= 4 is 5.91 Å². The van der Waals surface area contributed by atoms with Gasteiger partial charge in [-0.05, 0) is 37.8 Å². The number of ether oxygens (including phenoxy) is 1. The largest absolute Gasteiger partial charge is 0.484 e.